The first-order valence-corrected chi connectivity index (χ1v) is 5.77. The molecular formula is C11H19NO. The van der Waals surface area contributed by atoms with E-state index in [0.717, 1.165) is 18.4 Å². The van der Waals surface area contributed by atoms with Crippen LogP contribution in [0.15, 0.2) is 0 Å². The zero-order chi connectivity index (χ0) is 8.67. The molecule has 4 saturated heterocycles. The van der Waals surface area contributed by atoms with Crippen LogP contribution in [0, 0.1) is 11.8 Å². The predicted molar refractivity (Wildman–Crippen MR) is 51.6 cm³/mol. The maximum atomic E-state index is 5.82. The van der Waals surface area contributed by atoms with Crippen molar-refractivity contribution >= 4 is 0 Å². The third-order valence-electron chi connectivity index (χ3n) is 4.15. The first-order chi connectivity index (χ1) is 6.43. The Labute approximate surface area is 80.2 Å². The molecule has 0 N–H and O–H groups in total. The number of ether oxygens (including phenoxy) is 1. The molecule has 4 aliphatic rings. The van der Waals surface area contributed by atoms with Crippen LogP contribution in [0.3, 0.4) is 0 Å². The Morgan fingerprint density at radius 3 is 2.46 bits per heavy atom. The monoisotopic (exact) mass is 181 g/mol. The molecule has 4 heterocycles. The molecule has 0 aromatic rings. The van der Waals surface area contributed by atoms with Gasteiger partial charge in [-0.25, -0.2) is 0 Å². The van der Waals surface area contributed by atoms with Gasteiger partial charge in [-0.15, -0.1) is 0 Å². The number of rotatable bonds is 1. The fraction of sp³-hybridized carbons (Fsp3) is 1.00. The van der Waals surface area contributed by atoms with Crippen molar-refractivity contribution in [2.24, 2.45) is 11.8 Å². The van der Waals surface area contributed by atoms with E-state index in [9.17, 15) is 0 Å². The van der Waals surface area contributed by atoms with Crippen molar-refractivity contribution in [3.63, 3.8) is 0 Å². The summed E-state index contributed by atoms with van der Waals surface area (Å²) in [7, 11) is 0. The topological polar surface area (TPSA) is 12.5 Å². The molecular weight excluding hydrogens is 162 g/mol. The van der Waals surface area contributed by atoms with E-state index in [2.05, 4.69) is 4.90 Å². The summed E-state index contributed by atoms with van der Waals surface area (Å²) in [5.41, 5.74) is 0. The maximum Gasteiger partial charge on any atom is 0.0619 e. The van der Waals surface area contributed by atoms with Crippen LogP contribution in [-0.2, 0) is 4.74 Å². The van der Waals surface area contributed by atoms with Crippen molar-refractivity contribution in [2.75, 3.05) is 26.2 Å². The summed E-state index contributed by atoms with van der Waals surface area (Å²) in [5, 5.41) is 0. The standard InChI is InChI=1S/C11H19NO/c1-2-11(13-7-1)10-8-12-5-3-9(10)4-6-12/h9-11H,1-8H2/t10-,11-/m1/s1. The van der Waals surface area contributed by atoms with Gasteiger partial charge in [-0.1, -0.05) is 0 Å². The number of fused-ring (bicyclic) bond motifs is 3. The van der Waals surface area contributed by atoms with Gasteiger partial charge in [0.25, 0.3) is 0 Å². The SMILES string of the molecule is C1CO[C@@H]([C@@H]2CN3CCC2CC3)C1. The van der Waals surface area contributed by atoms with Gasteiger partial charge in [-0.2, -0.15) is 0 Å². The summed E-state index contributed by atoms with van der Waals surface area (Å²) in [4.78, 5) is 2.63. The van der Waals surface area contributed by atoms with Crippen LogP contribution >= 0.6 is 0 Å². The van der Waals surface area contributed by atoms with Crippen LogP contribution in [0.2, 0.25) is 0 Å². The molecule has 4 rings (SSSR count). The van der Waals surface area contributed by atoms with Crippen molar-refractivity contribution in [2.45, 2.75) is 31.8 Å². The normalized spacial score (nSPS) is 49.8. The minimum atomic E-state index is 0.619. The zero-order valence-corrected chi connectivity index (χ0v) is 8.24. The minimum Gasteiger partial charge on any atom is -0.378 e. The lowest BCUT2D eigenvalue weighted by Crippen LogP contribution is -2.51. The van der Waals surface area contributed by atoms with Gasteiger partial charge in [0.15, 0.2) is 0 Å². The Morgan fingerprint density at radius 1 is 1.08 bits per heavy atom. The summed E-state index contributed by atoms with van der Waals surface area (Å²) in [6.45, 7) is 5.06. The van der Waals surface area contributed by atoms with Gasteiger partial charge >= 0.3 is 0 Å². The number of hydrogen-bond acceptors (Lipinski definition) is 2. The van der Waals surface area contributed by atoms with Gasteiger partial charge in [0.2, 0.25) is 0 Å². The van der Waals surface area contributed by atoms with Crippen molar-refractivity contribution in [1.82, 2.24) is 4.90 Å². The molecule has 2 nitrogen and oxygen atoms in total. The predicted octanol–water partition coefficient (Wildman–Crippen LogP) is 1.51. The Hall–Kier alpha value is -0.0800. The highest BCUT2D eigenvalue weighted by Crippen LogP contribution is 2.37. The number of nitrogens with zero attached hydrogens (tertiary/aromatic N) is 1. The van der Waals surface area contributed by atoms with Crippen LogP contribution in [0.25, 0.3) is 0 Å². The van der Waals surface area contributed by atoms with Crippen LogP contribution in [0.1, 0.15) is 25.7 Å². The number of piperidine rings is 3. The molecule has 0 aliphatic carbocycles. The molecule has 2 bridgehead atoms. The second-order valence-electron chi connectivity index (χ2n) is 4.85. The molecule has 4 aliphatic heterocycles. The highest BCUT2D eigenvalue weighted by atomic mass is 16.5. The van der Waals surface area contributed by atoms with E-state index >= 15 is 0 Å². The van der Waals surface area contributed by atoms with Crippen LogP contribution in [0.4, 0.5) is 0 Å². The molecule has 2 heteroatoms. The highest BCUT2D eigenvalue weighted by Gasteiger charge is 2.39. The van der Waals surface area contributed by atoms with Crippen LogP contribution in [-0.4, -0.2) is 37.2 Å². The Kier molecular flexibility index (Phi) is 2.06. The summed E-state index contributed by atoms with van der Waals surface area (Å²) in [6.07, 6.45) is 6.12. The van der Waals surface area contributed by atoms with Gasteiger partial charge in [-0.05, 0) is 44.7 Å². The van der Waals surface area contributed by atoms with E-state index in [4.69, 9.17) is 4.74 Å². The van der Waals surface area contributed by atoms with E-state index in [1.807, 2.05) is 0 Å². The Balaban J connectivity index is 1.70. The van der Waals surface area contributed by atoms with Crippen molar-refractivity contribution in [3.05, 3.63) is 0 Å². The molecule has 13 heavy (non-hydrogen) atoms. The van der Waals surface area contributed by atoms with Gasteiger partial charge in [0.1, 0.15) is 0 Å². The molecule has 74 valence electrons. The third kappa shape index (κ3) is 1.40. The lowest BCUT2D eigenvalue weighted by molar-refractivity contribution is -0.0363. The zero-order valence-electron chi connectivity index (χ0n) is 8.24. The smallest absolute Gasteiger partial charge is 0.0619 e. The third-order valence-corrected chi connectivity index (χ3v) is 4.15. The molecule has 2 atom stereocenters. The lowest BCUT2D eigenvalue weighted by Gasteiger charge is -2.46. The first kappa shape index (κ1) is 8.25. The second kappa shape index (κ2) is 3.25. The first-order valence-electron chi connectivity index (χ1n) is 5.77. The quantitative estimate of drug-likeness (QED) is 0.608. The minimum absolute atomic E-state index is 0.619. The molecule has 0 saturated carbocycles. The van der Waals surface area contributed by atoms with E-state index in [-0.39, 0.29) is 0 Å². The summed E-state index contributed by atoms with van der Waals surface area (Å²) in [5.74, 6) is 1.87. The van der Waals surface area contributed by atoms with Gasteiger partial charge in [-0.3, -0.25) is 0 Å². The largest absolute Gasteiger partial charge is 0.378 e. The van der Waals surface area contributed by atoms with Crippen molar-refractivity contribution < 1.29 is 4.74 Å². The maximum absolute atomic E-state index is 5.82. The van der Waals surface area contributed by atoms with E-state index in [1.54, 1.807) is 0 Å². The lowest BCUT2D eigenvalue weighted by atomic mass is 9.76. The average Bonchev–Trinajstić information content (AvgIpc) is 2.72. The molecule has 0 unspecified atom stereocenters. The summed E-state index contributed by atoms with van der Waals surface area (Å²) < 4.78 is 5.82. The fourth-order valence-electron chi connectivity index (χ4n) is 3.37. The molecule has 4 fully saturated rings. The molecule has 0 aromatic carbocycles. The molecule has 0 amide bonds. The van der Waals surface area contributed by atoms with Gasteiger partial charge in [0, 0.05) is 19.1 Å². The molecule has 0 spiro atoms. The van der Waals surface area contributed by atoms with Gasteiger partial charge in [0.05, 0.1) is 6.10 Å². The molecule has 0 radical (unpaired) electrons. The van der Waals surface area contributed by atoms with Gasteiger partial charge < -0.3 is 9.64 Å². The summed E-state index contributed by atoms with van der Waals surface area (Å²) in [6, 6.07) is 0. The number of hydrogen-bond donors (Lipinski definition) is 0. The second-order valence-corrected chi connectivity index (χ2v) is 4.85. The molecule has 0 aromatic heterocycles. The average molecular weight is 181 g/mol. The van der Waals surface area contributed by atoms with Crippen LogP contribution < -0.4 is 0 Å². The van der Waals surface area contributed by atoms with Crippen molar-refractivity contribution in [1.29, 1.82) is 0 Å². The van der Waals surface area contributed by atoms with E-state index in [1.165, 1.54) is 45.3 Å². The Morgan fingerprint density at radius 2 is 1.92 bits per heavy atom. The van der Waals surface area contributed by atoms with Crippen LogP contribution in [0.5, 0.6) is 0 Å². The van der Waals surface area contributed by atoms with E-state index in [0.29, 0.717) is 6.10 Å². The highest BCUT2D eigenvalue weighted by molar-refractivity contribution is 4.91. The fourth-order valence-corrected chi connectivity index (χ4v) is 3.37. The van der Waals surface area contributed by atoms with Crippen molar-refractivity contribution in [3.8, 4) is 0 Å². The summed E-state index contributed by atoms with van der Waals surface area (Å²) >= 11 is 0. The van der Waals surface area contributed by atoms with E-state index < -0.39 is 0 Å². The Bertz CT molecular complexity index is 179.